The molecule has 2 atom stereocenters. The van der Waals surface area contributed by atoms with E-state index in [9.17, 15) is 9.59 Å². The zero-order chi connectivity index (χ0) is 20.5. The number of halogens is 1. The van der Waals surface area contributed by atoms with Gasteiger partial charge in [0, 0.05) is 23.5 Å². The van der Waals surface area contributed by atoms with Crippen LogP contribution in [0.15, 0.2) is 59.1 Å². The largest absolute Gasteiger partial charge is 0.352 e. The quantitative estimate of drug-likeness (QED) is 0.608. The maximum absolute atomic E-state index is 13.0. The first-order chi connectivity index (χ1) is 13.4. The summed E-state index contributed by atoms with van der Waals surface area (Å²) in [6, 6.07) is 17.4. The summed E-state index contributed by atoms with van der Waals surface area (Å²) in [5, 5.41) is 2.99. The van der Waals surface area contributed by atoms with Crippen LogP contribution in [0.1, 0.15) is 44.7 Å². The van der Waals surface area contributed by atoms with Gasteiger partial charge < -0.3 is 10.2 Å². The van der Waals surface area contributed by atoms with E-state index >= 15 is 0 Å². The zero-order valence-corrected chi connectivity index (χ0v) is 18.4. The lowest BCUT2D eigenvalue weighted by Gasteiger charge is -2.30. The van der Waals surface area contributed by atoms with Gasteiger partial charge in [-0.3, -0.25) is 9.59 Å². The second-order valence-electron chi connectivity index (χ2n) is 7.13. The summed E-state index contributed by atoms with van der Waals surface area (Å²) < 4.78 is 0.987. The molecule has 1 N–H and O–H groups in total. The monoisotopic (exact) mass is 444 g/mol. The Morgan fingerprint density at radius 2 is 1.64 bits per heavy atom. The van der Waals surface area contributed by atoms with E-state index in [1.807, 2.05) is 68.4 Å². The van der Waals surface area contributed by atoms with Crippen LogP contribution in [-0.2, 0) is 22.6 Å². The van der Waals surface area contributed by atoms with Crippen molar-refractivity contribution in [3.8, 4) is 0 Å². The predicted octanol–water partition coefficient (Wildman–Crippen LogP) is 4.71. The van der Waals surface area contributed by atoms with Crippen molar-refractivity contribution in [1.82, 2.24) is 10.2 Å². The molecule has 0 aliphatic carbocycles. The highest BCUT2D eigenvalue weighted by Crippen LogP contribution is 2.16. The number of rotatable bonds is 9. The molecule has 0 fully saturated rings. The number of aryl methyl sites for hydroxylation is 1. The van der Waals surface area contributed by atoms with E-state index in [1.54, 1.807) is 11.8 Å². The highest BCUT2D eigenvalue weighted by Gasteiger charge is 2.26. The van der Waals surface area contributed by atoms with Crippen LogP contribution < -0.4 is 5.32 Å². The van der Waals surface area contributed by atoms with E-state index in [0.29, 0.717) is 19.4 Å². The van der Waals surface area contributed by atoms with Gasteiger partial charge in [-0.2, -0.15) is 0 Å². The van der Waals surface area contributed by atoms with Gasteiger partial charge in [-0.25, -0.2) is 0 Å². The van der Waals surface area contributed by atoms with Gasteiger partial charge in [-0.05, 0) is 49.9 Å². The van der Waals surface area contributed by atoms with Gasteiger partial charge in [0.2, 0.25) is 11.8 Å². The lowest BCUT2D eigenvalue weighted by molar-refractivity contribution is -0.140. The Morgan fingerprint density at radius 1 is 1.00 bits per heavy atom. The molecule has 0 unspecified atom stereocenters. The first-order valence-electron chi connectivity index (χ1n) is 9.79. The fraction of sp³-hybridized carbons (Fsp3) is 0.391. The fourth-order valence-corrected chi connectivity index (χ4v) is 3.14. The van der Waals surface area contributed by atoms with Gasteiger partial charge in [0.1, 0.15) is 6.04 Å². The van der Waals surface area contributed by atoms with Crippen LogP contribution in [0.25, 0.3) is 0 Å². The summed E-state index contributed by atoms with van der Waals surface area (Å²) >= 11 is 3.43. The number of nitrogens with zero attached hydrogens (tertiary/aromatic N) is 1. The van der Waals surface area contributed by atoms with Crippen molar-refractivity contribution in [3.05, 3.63) is 70.2 Å². The van der Waals surface area contributed by atoms with E-state index in [2.05, 4.69) is 21.2 Å². The molecule has 0 radical (unpaired) electrons. The molecule has 5 heteroatoms. The van der Waals surface area contributed by atoms with Crippen molar-refractivity contribution < 1.29 is 9.59 Å². The van der Waals surface area contributed by atoms with Gasteiger partial charge >= 0.3 is 0 Å². The normalized spacial score (nSPS) is 12.9. The summed E-state index contributed by atoms with van der Waals surface area (Å²) in [5.41, 5.74) is 2.12. The zero-order valence-electron chi connectivity index (χ0n) is 16.8. The number of benzene rings is 2. The van der Waals surface area contributed by atoms with Crippen LogP contribution in [0.4, 0.5) is 0 Å². The molecule has 0 heterocycles. The number of carbonyl (C=O) groups excluding carboxylic acids is 2. The Kier molecular flexibility index (Phi) is 8.71. The second kappa shape index (κ2) is 11.0. The molecule has 150 valence electrons. The van der Waals surface area contributed by atoms with E-state index in [1.165, 1.54) is 0 Å². The highest BCUT2D eigenvalue weighted by molar-refractivity contribution is 9.10. The van der Waals surface area contributed by atoms with Crippen molar-refractivity contribution in [3.63, 3.8) is 0 Å². The average molecular weight is 445 g/mol. The molecule has 28 heavy (non-hydrogen) atoms. The van der Waals surface area contributed by atoms with Gasteiger partial charge in [0.05, 0.1) is 0 Å². The minimum absolute atomic E-state index is 0.0152. The third-order valence-electron chi connectivity index (χ3n) is 4.90. The molecule has 4 nitrogen and oxygen atoms in total. The van der Waals surface area contributed by atoms with Crippen LogP contribution >= 0.6 is 15.9 Å². The summed E-state index contributed by atoms with van der Waals surface area (Å²) in [7, 11) is 0. The van der Waals surface area contributed by atoms with Crippen LogP contribution in [0, 0.1) is 0 Å². The molecule has 2 aromatic rings. The molecule has 0 spiro atoms. The third kappa shape index (κ3) is 6.79. The number of nitrogens with one attached hydrogen (secondary N) is 1. The Balaban J connectivity index is 2.12. The lowest BCUT2D eigenvalue weighted by atomic mass is 10.1. The van der Waals surface area contributed by atoms with Crippen molar-refractivity contribution in [1.29, 1.82) is 0 Å². The standard InChI is InChI=1S/C23H29BrN2O2/c1-4-17(2)25-23(28)18(3)26(16-20-10-13-21(24)14-11-20)22(27)15-12-19-8-6-5-7-9-19/h5-11,13-14,17-18H,4,12,15-16H2,1-3H3,(H,25,28)/t17-,18-/m0/s1. The summed E-state index contributed by atoms with van der Waals surface area (Å²) in [6.45, 7) is 6.22. The molecule has 0 aromatic heterocycles. The van der Waals surface area contributed by atoms with E-state index < -0.39 is 6.04 Å². The van der Waals surface area contributed by atoms with Crippen molar-refractivity contribution in [2.75, 3.05) is 0 Å². The molecule has 0 saturated carbocycles. The summed E-state index contributed by atoms with van der Waals surface area (Å²) in [5.74, 6) is -0.127. The van der Waals surface area contributed by atoms with Crippen LogP contribution in [0.5, 0.6) is 0 Å². The number of amides is 2. The average Bonchev–Trinajstić information content (AvgIpc) is 2.71. The van der Waals surface area contributed by atoms with Gasteiger partial charge in [0.25, 0.3) is 0 Å². The van der Waals surface area contributed by atoms with Crippen molar-refractivity contribution in [2.24, 2.45) is 0 Å². The maximum Gasteiger partial charge on any atom is 0.242 e. The van der Waals surface area contributed by atoms with E-state index in [4.69, 9.17) is 0 Å². The molecule has 2 rings (SSSR count). The molecule has 2 aromatic carbocycles. The predicted molar refractivity (Wildman–Crippen MR) is 117 cm³/mol. The first kappa shape index (κ1) is 22.2. The van der Waals surface area contributed by atoms with E-state index in [-0.39, 0.29) is 17.9 Å². The fourth-order valence-electron chi connectivity index (χ4n) is 2.87. The van der Waals surface area contributed by atoms with Gasteiger partial charge in [-0.15, -0.1) is 0 Å². The Hall–Kier alpha value is -2.14. The van der Waals surface area contributed by atoms with Crippen molar-refractivity contribution in [2.45, 2.75) is 58.7 Å². The smallest absolute Gasteiger partial charge is 0.242 e. The lowest BCUT2D eigenvalue weighted by Crippen LogP contribution is -2.49. The van der Waals surface area contributed by atoms with Crippen molar-refractivity contribution >= 4 is 27.7 Å². The van der Waals surface area contributed by atoms with Crippen LogP contribution in [0.2, 0.25) is 0 Å². The Bertz CT molecular complexity index is 762. The Morgan fingerprint density at radius 3 is 2.25 bits per heavy atom. The van der Waals surface area contributed by atoms with Gasteiger partial charge in [-0.1, -0.05) is 65.3 Å². The third-order valence-corrected chi connectivity index (χ3v) is 5.43. The highest BCUT2D eigenvalue weighted by atomic mass is 79.9. The number of carbonyl (C=O) groups is 2. The van der Waals surface area contributed by atoms with Gasteiger partial charge in [0.15, 0.2) is 0 Å². The number of hydrogen-bond acceptors (Lipinski definition) is 2. The Labute approximate surface area is 176 Å². The molecule has 0 aliphatic rings. The number of hydrogen-bond donors (Lipinski definition) is 1. The molecule has 0 aliphatic heterocycles. The second-order valence-corrected chi connectivity index (χ2v) is 8.04. The molecule has 0 bridgehead atoms. The molecule has 2 amide bonds. The molecule has 0 saturated heterocycles. The van der Waals surface area contributed by atoms with Crippen LogP contribution in [0.3, 0.4) is 0 Å². The summed E-state index contributed by atoms with van der Waals surface area (Å²) in [6.07, 6.45) is 1.89. The molecular weight excluding hydrogens is 416 g/mol. The maximum atomic E-state index is 13.0. The SMILES string of the molecule is CC[C@H](C)NC(=O)[C@H](C)N(Cc1ccc(Br)cc1)C(=O)CCc1ccccc1. The van der Waals surface area contributed by atoms with E-state index in [0.717, 1.165) is 22.0 Å². The summed E-state index contributed by atoms with van der Waals surface area (Å²) in [4.78, 5) is 27.4. The topological polar surface area (TPSA) is 49.4 Å². The van der Waals surface area contributed by atoms with Crippen LogP contribution in [-0.4, -0.2) is 28.8 Å². The minimum Gasteiger partial charge on any atom is -0.352 e. The molecular formula is C23H29BrN2O2. The minimum atomic E-state index is -0.527. The first-order valence-corrected chi connectivity index (χ1v) is 10.6.